The van der Waals surface area contributed by atoms with Crippen LogP contribution in [-0.2, 0) is 6.54 Å². The molecule has 4 aromatic rings. The molecule has 0 aliphatic carbocycles. The molecule has 2 N–H and O–H groups in total. The lowest BCUT2D eigenvalue weighted by Gasteiger charge is -2.09. The molecule has 0 saturated carbocycles. The van der Waals surface area contributed by atoms with Crippen molar-refractivity contribution >= 4 is 43.1 Å². The summed E-state index contributed by atoms with van der Waals surface area (Å²) in [6.45, 7) is 3.52. The molecule has 0 atom stereocenters. The smallest absolute Gasteiger partial charge is 0.191 e. The van der Waals surface area contributed by atoms with E-state index in [0.717, 1.165) is 27.6 Å². The third-order valence-electron chi connectivity index (χ3n) is 4.12. The van der Waals surface area contributed by atoms with E-state index < -0.39 is 0 Å². The lowest BCUT2D eigenvalue weighted by molar-refractivity contribution is 0.487. The summed E-state index contributed by atoms with van der Waals surface area (Å²) >= 11 is 3.48. The lowest BCUT2D eigenvalue weighted by atomic mass is 10.1. The number of hydrogen-bond donors (Lipinski definition) is 2. The highest BCUT2D eigenvalue weighted by Gasteiger charge is 2.20. The van der Waals surface area contributed by atoms with Gasteiger partial charge in [-0.15, -0.1) is 0 Å². The highest BCUT2D eigenvalue weighted by atomic mass is 79.9. The van der Waals surface area contributed by atoms with Crippen molar-refractivity contribution in [1.82, 2.24) is 14.9 Å². The predicted molar refractivity (Wildman–Crippen MR) is 94.4 cm³/mol. The largest absolute Gasteiger partial charge is 0.506 e. The van der Waals surface area contributed by atoms with Gasteiger partial charge in [-0.2, -0.15) is 5.10 Å². The van der Waals surface area contributed by atoms with Crippen molar-refractivity contribution in [2.75, 3.05) is 6.54 Å². The van der Waals surface area contributed by atoms with Crippen LogP contribution in [-0.4, -0.2) is 21.3 Å². The molecule has 2 heterocycles. The van der Waals surface area contributed by atoms with Gasteiger partial charge in [0, 0.05) is 16.4 Å². The Bertz CT molecular complexity index is 1100. The molecule has 2 aromatic carbocycles. The van der Waals surface area contributed by atoms with Crippen LogP contribution in [0.25, 0.3) is 27.2 Å². The van der Waals surface area contributed by atoms with Crippen molar-refractivity contribution < 1.29 is 5.11 Å². The number of benzene rings is 2. The van der Waals surface area contributed by atoms with Crippen molar-refractivity contribution in [3.8, 4) is 5.75 Å². The number of pyridine rings is 1. The number of fused-ring (bicyclic) bond motifs is 2. The van der Waals surface area contributed by atoms with Crippen LogP contribution >= 0.6 is 15.9 Å². The highest BCUT2D eigenvalue weighted by molar-refractivity contribution is 9.10. The first kappa shape index (κ1) is 14.4. The molecule has 0 spiro atoms. The van der Waals surface area contributed by atoms with Crippen LogP contribution in [0.15, 0.2) is 39.6 Å². The van der Waals surface area contributed by atoms with Crippen LogP contribution in [0, 0.1) is 0 Å². The van der Waals surface area contributed by atoms with Crippen LogP contribution < -0.4 is 10.7 Å². The summed E-state index contributed by atoms with van der Waals surface area (Å²) in [4.78, 5) is 12.2. The molecule has 0 unspecified atom stereocenters. The van der Waals surface area contributed by atoms with Crippen molar-refractivity contribution in [3.05, 3.63) is 50.7 Å². The monoisotopic (exact) mass is 371 g/mol. The van der Waals surface area contributed by atoms with Crippen molar-refractivity contribution in [1.29, 1.82) is 0 Å². The van der Waals surface area contributed by atoms with E-state index in [1.165, 1.54) is 6.07 Å². The van der Waals surface area contributed by atoms with E-state index in [1.807, 2.05) is 19.1 Å². The van der Waals surface area contributed by atoms with Gasteiger partial charge in [0.15, 0.2) is 5.43 Å². The highest BCUT2D eigenvalue weighted by Crippen LogP contribution is 2.39. The SMILES string of the molecule is CCNCc1nn2c3cccc(=O)c3c(O)c3c(Br)ccc1c32. The summed E-state index contributed by atoms with van der Waals surface area (Å²) in [6, 6.07) is 8.82. The Morgan fingerprint density at radius 1 is 1.26 bits per heavy atom. The van der Waals surface area contributed by atoms with Crippen LogP contribution in [0.2, 0.25) is 0 Å². The molecule has 0 radical (unpaired) electrons. The van der Waals surface area contributed by atoms with Crippen LogP contribution in [0.5, 0.6) is 5.75 Å². The zero-order valence-corrected chi connectivity index (χ0v) is 14.0. The van der Waals surface area contributed by atoms with E-state index in [9.17, 15) is 9.90 Å². The average Bonchev–Trinajstić information content (AvgIpc) is 2.90. The molecular formula is C17H14BrN3O2. The summed E-state index contributed by atoms with van der Waals surface area (Å²) in [5.74, 6) is 0.00507. The number of nitrogens with one attached hydrogen (secondary N) is 1. The summed E-state index contributed by atoms with van der Waals surface area (Å²) in [7, 11) is 0. The van der Waals surface area contributed by atoms with Crippen molar-refractivity contribution in [3.63, 3.8) is 0 Å². The minimum atomic E-state index is -0.210. The fourth-order valence-corrected chi connectivity index (χ4v) is 3.58. The fourth-order valence-electron chi connectivity index (χ4n) is 3.08. The first-order valence-electron chi connectivity index (χ1n) is 7.41. The third-order valence-corrected chi connectivity index (χ3v) is 4.78. The molecule has 0 fully saturated rings. The van der Waals surface area contributed by atoms with Gasteiger partial charge in [-0.05, 0) is 46.7 Å². The Morgan fingerprint density at radius 3 is 2.87 bits per heavy atom. The molecular weight excluding hydrogens is 358 g/mol. The Kier molecular flexibility index (Phi) is 3.25. The zero-order chi connectivity index (χ0) is 16.1. The second-order valence-corrected chi connectivity index (χ2v) is 6.31. The molecule has 23 heavy (non-hydrogen) atoms. The molecule has 0 saturated heterocycles. The van der Waals surface area contributed by atoms with Crippen LogP contribution in [0.1, 0.15) is 12.6 Å². The average molecular weight is 372 g/mol. The molecule has 6 heteroatoms. The van der Waals surface area contributed by atoms with Gasteiger partial charge in [-0.1, -0.05) is 13.0 Å². The second kappa shape index (κ2) is 5.18. The van der Waals surface area contributed by atoms with Crippen LogP contribution in [0.3, 0.4) is 0 Å². The summed E-state index contributed by atoms with van der Waals surface area (Å²) in [5.41, 5.74) is 2.13. The first-order chi connectivity index (χ1) is 11.1. The van der Waals surface area contributed by atoms with Crippen LogP contribution in [0.4, 0.5) is 0 Å². The standard InChI is InChI=1S/C17H14BrN3O2/c1-2-19-8-11-9-6-7-10(18)14-16(9)21(20-11)12-4-3-5-13(22)15(12)17(14)23/h3-7,19,23H,2,8H2,1H3. The van der Waals surface area contributed by atoms with E-state index in [2.05, 4.69) is 26.3 Å². The predicted octanol–water partition coefficient (Wildman–Crippen LogP) is 3.02. The normalized spacial score (nSPS) is 11.9. The van der Waals surface area contributed by atoms with Gasteiger partial charge in [0.25, 0.3) is 0 Å². The Labute approximate surface area is 140 Å². The minimum Gasteiger partial charge on any atom is -0.506 e. The maximum Gasteiger partial charge on any atom is 0.191 e. The molecule has 0 amide bonds. The van der Waals surface area contributed by atoms with Gasteiger partial charge < -0.3 is 10.4 Å². The summed E-state index contributed by atoms with van der Waals surface area (Å²) < 4.78 is 2.51. The Balaban J connectivity index is 2.27. The summed E-state index contributed by atoms with van der Waals surface area (Å²) in [6.07, 6.45) is 0. The van der Waals surface area contributed by atoms with Gasteiger partial charge in [-0.3, -0.25) is 4.79 Å². The number of aromatic hydroxyl groups is 1. The molecule has 0 aliphatic heterocycles. The van der Waals surface area contributed by atoms with Crippen molar-refractivity contribution in [2.24, 2.45) is 0 Å². The Morgan fingerprint density at radius 2 is 2.09 bits per heavy atom. The molecule has 4 rings (SSSR count). The molecule has 116 valence electrons. The van der Waals surface area contributed by atoms with E-state index in [-0.39, 0.29) is 11.2 Å². The molecule has 0 aliphatic rings. The number of rotatable bonds is 3. The van der Waals surface area contributed by atoms with E-state index in [0.29, 0.717) is 22.8 Å². The van der Waals surface area contributed by atoms with Gasteiger partial charge in [0.2, 0.25) is 0 Å². The van der Waals surface area contributed by atoms with Gasteiger partial charge in [0.1, 0.15) is 5.75 Å². The number of aromatic nitrogens is 2. The first-order valence-corrected chi connectivity index (χ1v) is 8.20. The second-order valence-electron chi connectivity index (χ2n) is 5.46. The lowest BCUT2D eigenvalue weighted by Crippen LogP contribution is -2.12. The number of halogens is 1. The quantitative estimate of drug-likeness (QED) is 0.543. The zero-order valence-electron chi connectivity index (χ0n) is 12.4. The van der Waals surface area contributed by atoms with E-state index in [1.54, 1.807) is 16.6 Å². The maximum absolute atomic E-state index is 12.2. The van der Waals surface area contributed by atoms with E-state index >= 15 is 0 Å². The maximum atomic E-state index is 12.2. The molecule has 5 nitrogen and oxygen atoms in total. The van der Waals surface area contributed by atoms with Crippen molar-refractivity contribution in [2.45, 2.75) is 13.5 Å². The van der Waals surface area contributed by atoms with E-state index in [4.69, 9.17) is 0 Å². The summed E-state index contributed by atoms with van der Waals surface area (Å²) in [5, 5.41) is 20.5. The molecule has 0 bridgehead atoms. The fraction of sp³-hybridized carbons (Fsp3) is 0.176. The number of hydrogen-bond acceptors (Lipinski definition) is 4. The van der Waals surface area contributed by atoms with Gasteiger partial charge in [0.05, 0.1) is 27.5 Å². The topological polar surface area (TPSA) is 66.6 Å². The molecule has 2 aromatic heterocycles. The van der Waals surface area contributed by atoms with Gasteiger partial charge in [-0.25, -0.2) is 4.52 Å². The van der Waals surface area contributed by atoms with Gasteiger partial charge >= 0.3 is 0 Å². The number of nitrogens with zero attached hydrogens (tertiary/aromatic N) is 2. The third kappa shape index (κ3) is 1.95. The minimum absolute atomic E-state index is 0.00507. The Hall–Kier alpha value is -2.18.